The van der Waals surface area contributed by atoms with Crippen molar-refractivity contribution in [3.05, 3.63) is 18.0 Å². The number of ketones is 1. The molecule has 4 aliphatic carbocycles. The van der Waals surface area contributed by atoms with E-state index >= 15 is 0 Å². The van der Waals surface area contributed by atoms with E-state index in [4.69, 9.17) is 0 Å². The average molecular weight is 413 g/mol. The highest BCUT2D eigenvalue weighted by atomic mass is 16.3. The summed E-state index contributed by atoms with van der Waals surface area (Å²) < 4.78 is 1.86. The lowest BCUT2D eigenvalue weighted by Crippen LogP contribution is -2.51. The summed E-state index contributed by atoms with van der Waals surface area (Å²) in [5.74, 6) is 4.53. The number of carbonyl (C=O) groups is 1. The van der Waals surface area contributed by atoms with Crippen molar-refractivity contribution < 1.29 is 9.90 Å². The Bertz CT molecular complexity index is 799. The van der Waals surface area contributed by atoms with Crippen LogP contribution in [0.15, 0.2) is 12.4 Å². The number of rotatable bonds is 4. The van der Waals surface area contributed by atoms with Crippen LogP contribution < -0.4 is 0 Å². The summed E-state index contributed by atoms with van der Waals surface area (Å²) in [6, 6.07) is 0. The summed E-state index contributed by atoms with van der Waals surface area (Å²) in [7, 11) is 0. The van der Waals surface area contributed by atoms with Crippen LogP contribution in [0.5, 0.6) is 0 Å². The minimum Gasteiger partial charge on any atom is -0.390 e. The third-order valence-corrected chi connectivity index (χ3v) is 10.0. The van der Waals surface area contributed by atoms with Gasteiger partial charge in [0.1, 0.15) is 0 Å². The smallest absolute Gasteiger partial charge is 0.157 e. The Morgan fingerprint density at radius 3 is 2.67 bits per heavy atom. The first-order valence-electron chi connectivity index (χ1n) is 12.6. The van der Waals surface area contributed by atoms with E-state index in [9.17, 15) is 9.90 Å². The highest BCUT2D eigenvalue weighted by Crippen LogP contribution is 2.64. The number of hydrogen-bond acceptors (Lipinski definition) is 3. The lowest BCUT2D eigenvalue weighted by Gasteiger charge is -2.56. The average Bonchev–Trinajstić information content (AvgIpc) is 3.30. The molecule has 1 N–H and O–H groups in total. The molecule has 0 bridgehead atoms. The molecule has 5 rings (SSSR count). The Balaban J connectivity index is 1.30. The predicted octanol–water partition coefficient (Wildman–Crippen LogP) is 5.03. The second-order valence-electron chi connectivity index (χ2n) is 11.7. The van der Waals surface area contributed by atoms with Crippen molar-refractivity contribution in [3.63, 3.8) is 0 Å². The summed E-state index contributed by atoms with van der Waals surface area (Å²) in [5.41, 5.74) is 0.958. The van der Waals surface area contributed by atoms with Crippen LogP contribution in [0.2, 0.25) is 0 Å². The van der Waals surface area contributed by atoms with Crippen molar-refractivity contribution in [3.8, 4) is 0 Å². The Kier molecular flexibility index (Phi) is 5.16. The second-order valence-corrected chi connectivity index (χ2v) is 11.7. The lowest BCUT2D eigenvalue weighted by molar-refractivity contribution is -0.133. The molecule has 0 saturated heterocycles. The first-order chi connectivity index (χ1) is 14.3. The van der Waals surface area contributed by atoms with Crippen molar-refractivity contribution in [2.75, 3.05) is 0 Å². The standard InChI is InChI=1S/C26H40N2O2/c1-4-17-14-27-28(15-17)16-24(29)23-8-7-22-21-6-5-18-13-25(2,30)11-9-19(18)20(21)10-12-26(22,23)3/h14-15,18-23,30H,4-13,16H2,1-3H3/t18-,19+,20-,21-,22+,23-,25-,26+/m1/s1. The van der Waals surface area contributed by atoms with Gasteiger partial charge in [0, 0.05) is 12.1 Å². The third kappa shape index (κ3) is 3.38. The number of aryl methyl sites for hydroxylation is 1. The molecule has 30 heavy (non-hydrogen) atoms. The summed E-state index contributed by atoms with van der Waals surface area (Å²) in [6.45, 7) is 7.07. The zero-order valence-corrected chi connectivity index (χ0v) is 19.1. The number of aromatic nitrogens is 2. The largest absolute Gasteiger partial charge is 0.390 e. The summed E-state index contributed by atoms with van der Waals surface area (Å²) in [5, 5.41) is 15.0. The van der Waals surface area contributed by atoms with Gasteiger partial charge in [0.25, 0.3) is 0 Å². The van der Waals surface area contributed by atoms with Crippen LogP contribution >= 0.6 is 0 Å². The van der Waals surface area contributed by atoms with Crippen molar-refractivity contribution in [2.45, 2.75) is 97.1 Å². The van der Waals surface area contributed by atoms with Gasteiger partial charge >= 0.3 is 0 Å². The van der Waals surface area contributed by atoms with Gasteiger partial charge in [0.15, 0.2) is 5.78 Å². The van der Waals surface area contributed by atoms with Gasteiger partial charge in [0.2, 0.25) is 0 Å². The molecule has 166 valence electrons. The van der Waals surface area contributed by atoms with Gasteiger partial charge in [0.05, 0.1) is 18.3 Å². The maximum Gasteiger partial charge on any atom is 0.157 e. The van der Waals surface area contributed by atoms with E-state index in [1.165, 1.54) is 44.1 Å². The minimum atomic E-state index is -0.438. The fourth-order valence-electron chi connectivity index (χ4n) is 8.56. The topological polar surface area (TPSA) is 55.1 Å². The Labute approximate surface area is 181 Å². The first kappa shape index (κ1) is 20.7. The molecule has 8 atom stereocenters. The Hall–Kier alpha value is -1.16. The van der Waals surface area contributed by atoms with E-state index in [1.54, 1.807) is 0 Å². The highest BCUT2D eigenvalue weighted by Gasteiger charge is 2.58. The van der Waals surface area contributed by atoms with Gasteiger partial charge < -0.3 is 5.11 Å². The molecule has 0 unspecified atom stereocenters. The minimum absolute atomic E-state index is 0.186. The van der Waals surface area contributed by atoms with E-state index in [-0.39, 0.29) is 11.3 Å². The van der Waals surface area contributed by atoms with Crippen LogP contribution in [-0.4, -0.2) is 26.3 Å². The van der Waals surface area contributed by atoms with Crippen LogP contribution in [0, 0.1) is 40.9 Å². The van der Waals surface area contributed by atoms with Crippen molar-refractivity contribution in [1.29, 1.82) is 0 Å². The molecule has 4 nitrogen and oxygen atoms in total. The Morgan fingerprint density at radius 1 is 1.10 bits per heavy atom. The molecule has 0 spiro atoms. The molecule has 4 heteroatoms. The van der Waals surface area contributed by atoms with Crippen LogP contribution in [-0.2, 0) is 17.8 Å². The normalized spacial score (nSPS) is 45.5. The van der Waals surface area contributed by atoms with E-state index in [2.05, 4.69) is 18.9 Å². The summed E-state index contributed by atoms with van der Waals surface area (Å²) in [4.78, 5) is 13.3. The number of hydrogen-bond donors (Lipinski definition) is 1. The van der Waals surface area contributed by atoms with Gasteiger partial charge in [-0.2, -0.15) is 5.10 Å². The van der Waals surface area contributed by atoms with Crippen LogP contribution in [0.4, 0.5) is 0 Å². The van der Waals surface area contributed by atoms with Crippen LogP contribution in [0.25, 0.3) is 0 Å². The number of fused-ring (bicyclic) bond motifs is 5. The lowest BCUT2D eigenvalue weighted by atomic mass is 9.49. The quantitative estimate of drug-likeness (QED) is 0.754. The molecule has 0 radical (unpaired) electrons. The molecular formula is C26H40N2O2. The van der Waals surface area contributed by atoms with Crippen LogP contribution in [0.3, 0.4) is 0 Å². The maximum absolute atomic E-state index is 13.3. The number of nitrogens with zero attached hydrogens (tertiary/aromatic N) is 2. The van der Waals surface area contributed by atoms with Gasteiger partial charge in [-0.1, -0.05) is 13.8 Å². The number of Topliss-reactive ketones (excluding diaryl/α,β-unsaturated/α-hetero) is 1. The predicted molar refractivity (Wildman–Crippen MR) is 118 cm³/mol. The molecule has 1 heterocycles. The zero-order valence-electron chi connectivity index (χ0n) is 19.1. The number of carbonyl (C=O) groups excluding carboxylic acids is 1. The first-order valence-corrected chi connectivity index (χ1v) is 12.6. The van der Waals surface area contributed by atoms with E-state index in [1.807, 2.05) is 24.0 Å². The Morgan fingerprint density at radius 2 is 1.90 bits per heavy atom. The summed E-state index contributed by atoms with van der Waals surface area (Å²) in [6.07, 6.45) is 15.6. The molecule has 0 aliphatic heterocycles. The molecule has 1 aromatic heterocycles. The maximum atomic E-state index is 13.3. The van der Waals surface area contributed by atoms with Gasteiger partial charge in [-0.25, -0.2) is 0 Å². The molecule has 4 aliphatic rings. The third-order valence-electron chi connectivity index (χ3n) is 10.0. The number of aliphatic hydroxyl groups is 1. The molecule has 0 amide bonds. The molecule has 0 aromatic carbocycles. The fraction of sp³-hybridized carbons (Fsp3) is 0.846. The van der Waals surface area contributed by atoms with E-state index in [0.29, 0.717) is 12.3 Å². The fourth-order valence-corrected chi connectivity index (χ4v) is 8.56. The molecule has 1 aromatic rings. The summed E-state index contributed by atoms with van der Waals surface area (Å²) >= 11 is 0. The van der Waals surface area contributed by atoms with Crippen LogP contribution in [0.1, 0.15) is 84.1 Å². The highest BCUT2D eigenvalue weighted by molar-refractivity contribution is 5.82. The second kappa shape index (κ2) is 7.46. The molecule has 4 saturated carbocycles. The monoisotopic (exact) mass is 412 g/mol. The van der Waals surface area contributed by atoms with Gasteiger partial charge in [-0.05, 0) is 112 Å². The zero-order chi connectivity index (χ0) is 21.1. The molecule has 4 fully saturated rings. The molecular weight excluding hydrogens is 372 g/mol. The van der Waals surface area contributed by atoms with E-state index in [0.717, 1.165) is 55.3 Å². The van der Waals surface area contributed by atoms with Gasteiger partial charge in [-0.3, -0.25) is 9.48 Å². The van der Waals surface area contributed by atoms with Gasteiger partial charge in [-0.15, -0.1) is 0 Å². The van der Waals surface area contributed by atoms with Crippen molar-refractivity contribution >= 4 is 5.78 Å². The van der Waals surface area contributed by atoms with E-state index < -0.39 is 5.60 Å². The SMILES string of the molecule is CCc1cnn(CC(=O)[C@H]2CC[C@H]3[C@@H]4CC[C@@H]5C[C@](C)(O)CC[C@@H]5[C@H]4CC[C@]23C)c1. The van der Waals surface area contributed by atoms with Crippen molar-refractivity contribution in [1.82, 2.24) is 9.78 Å². The van der Waals surface area contributed by atoms with Crippen molar-refractivity contribution in [2.24, 2.45) is 40.9 Å².